The second kappa shape index (κ2) is 6.36. The monoisotopic (exact) mass is 217 g/mol. The fourth-order valence-electron chi connectivity index (χ4n) is 1.09. The van der Waals surface area contributed by atoms with Gasteiger partial charge in [-0.2, -0.15) is 0 Å². The summed E-state index contributed by atoms with van der Waals surface area (Å²) >= 11 is 0. The van der Waals surface area contributed by atoms with Crippen LogP contribution in [0.4, 0.5) is 0 Å². The first-order valence-corrected chi connectivity index (χ1v) is 4.79. The molecule has 15 heavy (non-hydrogen) atoms. The van der Waals surface area contributed by atoms with Crippen LogP contribution in [-0.2, 0) is 9.59 Å². The summed E-state index contributed by atoms with van der Waals surface area (Å²) in [6, 6.07) is -0.874. The molecule has 0 heterocycles. The maximum atomic E-state index is 11.3. The van der Waals surface area contributed by atoms with Crippen LogP contribution in [0.25, 0.3) is 0 Å². The lowest BCUT2D eigenvalue weighted by Gasteiger charge is -2.19. The molecule has 0 aliphatic rings. The van der Waals surface area contributed by atoms with Crippen molar-refractivity contribution < 1.29 is 14.7 Å². The van der Waals surface area contributed by atoms with Gasteiger partial charge in [-0.25, -0.2) is 0 Å². The summed E-state index contributed by atoms with van der Waals surface area (Å²) in [7, 11) is 1.66. The van der Waals surface area contributed by atoms with E-state index in [1.807, 2.05) is 13.8 Å². The Kier molecular flexibility index (Phi) is 5.88. The molecule has 0 bridgehead atoms. The average Bonchev–Trinajstić information content (AvgIpc) is 2.00. The van der Waals surface area contributed by atoms with E-state index in [2.05, 4.69) is 5.32 Å². The summed E-state index contributed by atoms with van der Waals surface area (Å²) in [6.07, 6.45) is 0. The van der Waals surface area contributed by atoms with Gasteiger partial charge in [-0.1, -0.05) is 0 Å². The number of carboxylic acid groups (broad SMARTS) is 1. The van der Waals surface area contributed by atoms with Crippen molar-refractivity contribution in [2.45, 2.75) is 25.9 Å². The molecule has 0 aromatic carbocycles. The van der Waals surface area contributed by atoms with E-state index in [9.17, 15) is 9.59 Å². The van der Waals surface area contributed by atoms with E-state index in [1.165, 1.54) is 0 Å². The highest BCUT2D eigenvalue weighted by molar-refractivity contribution is 5.78. The quantitative estimate of drug-likeness (QED) is 0.522. The molecule has 1 amide bonds. The molecule has 0 aromatic heterocycles. The van der Waals surface area contributed by atoms with E-state index >= 15 is 0 Å². The molecule has 0 saturated heterocycles. The van der Waals surface area contributed by atoms with E-state index in [-0.39, 0.29) is 25.0 Å². The minimum Gasteiger partial charge on any atom is -0.480 e. The summed E-state index contributed by atoms with van der Waals surface area (Å²) in [5, 5.41) is 11.3. The Hall–Kier alpha value is -1.14. The minimum atomic E-state index is -1.06. The third-order valence-corrected chi connectivity index (χ3v) is 1.69. The first kappa shape index (κ1) is 13.9. The Morgan fingerprint density at radius 2 is 2.00 bits per heavy atom. The molecule has 0 aliphatic carbocycles. The Labute approximate surface area is 89.4 Å². The Bertz CT molecular complexity index is 231. The fourth-order valence-corrected chi connectivity index (χ4v) is 1.09. The van der Waals surface area contributed by atoms with Crippen molar-refractivity contribution in [2.75, 3.05) is 20.1 Å². The highest BCUT2D eigenvalue weighted by atomic mass is 16.4. The molecule has 0 radical (unpaired) electrons. The van der Waals surface area contributed by atoms with Gasteiger partial charge in [0.2, 0.25) is 5.91 Å². The van der Waals surface area contributed by atoms with Gasteiger partial charge in [0.1, 0.15) is 6.04 Å². The van der Waals surface area contributed by atoms with Crippen molar-refractivity contribution in [3.05, 3.63) is 0 Å². The molecule has 0 saturated carbocycles. The van der Waals surface area contributed by atoms with Crippen LogP contribution < -0.4 is 11.1 Å². The molecule has 1 atom stereocenters. The highest BCUT2D eigenvalue weighted by Crippen LogP contribution is 1.88. The van der Waals surface area contributed by atoms with Gasteiger partial charge in [0, 0.05) is 12.6 Å². The molecule has 0 aliphatic heterocycles. The van der Waals surface area contributed by atoms with Gasteiger partial charge in [-0.3, -0.25) is 14.5 Å². The second-order valence-electron chi connectivity index (χ2n) is 3.86. The lowest BCUT2D eigenvalue weighted by molar-refractivity contribution is -0.139. The van der Waals surface area contributed by atoms with Gasteiger partial charge in [-0.05, 0) is 20.9 Å². The summed E-state index contributed by atoms with van der Waals surface area (Å²) in [6.45, 7) is 4.03. The van der Waals surface area contributed by atoms with Crippen LogP contribution in [0.5, 0.6) is 0 Å². The molecule has 0 aromatic rings. The van der Waals surface area contributed by atoms with E-state index < -0.39 is 12.0 Å². The summed E-state index contributed by atoms with van der Waals surface area (Å²) in [4.78, 5) is 23.3. The first-order chi connectivity index (χ1) is 6.82. The van der Waals surface area contributed by atoms with Crippen LogP contribution in [-0.4, -0.2) is 54.1 Å². The minimum absolute atomic E-state index is 0.0825. The molecular weight excluding hydrogens is 198 g/mol. The molecule has 0 rings (SSSR count). The molecule has 6 nitrogen and oxygen atoms in total. The third-order valence-electron chi connectivity index (χ3n) is 1.69. The van der Waals surface area contributed by atoms with Gasteiger partial charge in [0.05, 0.1) is 6.54 Å². The second-order valence-corrected chi connectivity index (χ2v) is 3.86. The van der Waals surface area contributed by atoms with Crippen molar-refractivity contribution in [1.29, 1.82) is 0 Å². The van der Waals surface area contributed by atoms with Gasteiger partial charge < -0.3 is 16.2 Å². The predicted octanol–water partition coefficient (Wildman–Crippen LogP) is -1.15. The van der Waals surface area contributed by atoms with Crippen LogP contribution in [0.1, 0.15) is 13.8 Å². The number of nitrogens with two attached hydrogens (primary N) is 1. The van der Waals surface area contributed by atoms with Gasteiger partial charge in [0.15, 0.2) is 0 Å². The van der Waals surface area contributed by atoms with Crippen LogP contribution in [0.2, 0.25) is 0 Å². The Balaban J connectivity index is 3.87. The van der Waals surface area contributed by atoms with Crippen molar-refractivity contribution >= 4 is 11.9 Å². The number of nitrogens with one attached hydrogen (secondary N) is 1. The zero-order valence-corrected chi connectivity index (χ0v) is 9.36. The zero-order chi connectivity index (χ0) is 12.0. The molecule has 6 heteroatoms. The number of nitrogens with zero attached hydrogens (tertiary/aromatic N) is 1. The molecule has 4 N–H and O–H groups in total. The SMILES string of the molecule is CC(C)NC(=O)CN(C)CC(N)C(=O)O. The smallest absolute Gasteiger partial charge is 0.321 e. The first-order valence-electron chi connectivity index (χ1n) is 4.79. The number of hydrogen-bond donors (Lipinski definition) is 3. The van der Waals surface area contributed by atoms with Gasteiger partial charge in [-0.15, -0.1) is 0 Å². The topological polar surface area (TPSA) is 95.7 Å². The van der Waals surface area contributed by atoms with Crippen molar-refractivity contribution in [1.82, 2.24) is 10.2 Å². The number of likely N-dealkylation sites (N-methyl/N-ethyl adjacent to an activating group) is 1. The fraction of sp³-hybridized carbons (Fsp3) is 0.778. The van der Waals surface area contributed by atoms with Crippen LogP contribution in [0.15, 0.2) is 0 Å². The number of carbonyl (C=O) groups is 2. The number of carbonyl (C=O) groups excluding carboxylic acids is 1. The number of hydrogen-bond acceptors (Lipinski definition) is 4. The molecule has 0 fully saturated rings. The number of amides is 1. The standard InChI is InChI=1S/C9H19N3O3/c1-6(2)11-8(13)5-12(3)4-7(10)9(14)15/h6-7H,4-5,10H2,1-3H3,(H,11,13)(H,14,15). The maximum absolute atomic E-state index is 11.3. The maximum Gasteiger partial charge on any atom is 0.321 e. The summed E-state index contributed by atoms with van der Waals surface area (Å²) in [5.41, 5.74) is 5.32. The van der Waals surface area contributed by atoms with Gasteiger partial charge >= 0.3 is 5.97 Å². The van der Waals surface area contributed by atoms with Crippen molar-refractivity contribution in [2.24, 2.45) is 5.73 Å². The number of carboxylic acids is 1. The zero-order valence-electron chi connectivity index (χ0n) is 9.36. The van der Waals surface area contributed by atoms with Crippen molar-refractivity contribution in [3.8, 4) is 0 Å². The molecular formula is C9H19N3O3. The third kappa shape index (κ3) is 6.87. The Morgan fingerprint density at radius 3 is 2.40 bits per heavy atom. The van der Waals surface area contributed by atoms with Crippen LogP contribution >= 0.6 is 0 Å². The normalized spacial score (nSPS) is 12.9. The van der Waals surface area contributed by atoms with Gasteiger partial charge in [0.25, 0.3) is 0 Å². The predicted molar refractivity (Wildman–Crippen MR) is 56.4 cm³/mol. The molecule has 88 valence electrons. The lowest BCUT2D eigenvalue weighted by atomic mass is 10.3. The molecule has 0 spiro atoms. The van der Waals surface area contributed by atoms with Crippen LogP contribution in [0, 0.1) is 0 Å². The number of rotatable bonds is 6. The summed E-state index contributed by atoms with van der Waals surface area (Å²) < 4.78 is 0. The summed E-state index contributed by atoms with van der Waals surface area (Å²) in [5.74, 6) is -1.20. The van der Waals surface area contributed by atoms with E-state index in [1.54, 1.807) is 11.9 Å². The van der Waals surface area contributed by atoms with E-state index in [0.717, 1.165) is 0 Å². The highest BCUT2D eigenvalue weighted by Gasteiger charge is 2.15. The average molecular weight is 217 g/mol. The Morgan fingerprint density at radius 1 is 1.47 bits per heavy atom. The van der Waals surface area contributed by atoms with Crippen molar-refractivity contribution in [3.63, 3.8) is 0 Å². The van der Waals surface area contributed by atoms with Crippen LogP contribution in [0.3, 0.4) is 0 Å². The molecule has 1 unspecified atom stereocenters. The van der Waals surface area contributed by atoms with E-state index in [4.69, 9.17) is 10.8 Å². The largest absolute Gasteiger partial charge is 0.480 e. The lowest BCUT2D eigenvalue weighted by Crippen LogP contribution is -2.45. The van der Waals surface area contributed by atoms with E-state index in [0.29, 0.717) is 0 Å². The number of aliphatic carboxylic acids is 1.